The van der Waals surface area contributed by atoms with Gasteiger partial charge in [0, 0.05) is 5.56 Å². The van der Waals surface area contributed by atoms with Crippen molar-refractivity contribution in [1.29, 1.82) is 0 Å². The van der Waals surface area contributed by atoms with E-state index >= 15 is 0 Å². The zero-order valence-electron chi connectivity index (χ0n) is 5.97. The fourth-order valence-corrected chi connectivity index (χ4v) is 2.21. The minimum Gasteiger partial charge on any atom is -0.204 e. The maximum Gasteiger partial charge on any atom is 0.162 e. The van der Waals surface area contributed by atoms with Gasteiger partial charge in [-0.2, -0.15) is 0 Å². The van der Waals surface area contributed by atoms with Gasteiger partial charge >= 0.3 is 0 Å². The van der Waals surface area contributed by atoms with Crippen LogP contribution in [0.2, 0.25) is 20.1 Å². The quantitative estimate of drug-likeness (QED) is 0.378. The van der Waals surface area contributed by atoms with Crippen molar-refractivity contribution in [3.05, 3.63) is 31.5 Å². The second-order valence-corrected chi connectivity index (χ2v) is 3.96. The van der Waals surface area contributed by atoms with Crippen LogP contribution in [0.1, 0.15) is 5.56 Å². The first-order valence-electron chi connectivity index (χ1n) is 3.07. The lowest BCUT2D eigenvalue weighted by Gasteiger charge is -2.08. The molecule has 0 nitrogen and oxygen atoms in total. The molecule has 0 amide bonds. The van der Waals surface area contributed by atoms with E-state index in [1.54, 1.807) is 0 Å². The number of alkyl halides is 1. The summed E-state index contributed by atoms with van der Waals surface area (Å²) in [6.07, 6.45) is 0. The molecule has 72 valence electrons. The molecule has 0 N–H and O–H groups in total. The third-order valence-corrected chi connectivity index (χ3v) is 3.44. The molecular weight excluding hydrogens is 280 g/mol. The number of hydrogen-bond acceptors (Lipinski definition) is 0. The standard InChI is InChI=1S/C7H2Cl5F/c8-1-2-3(9)5(11)6(12)7(13)4(2)10/h1H2. The van der Waals surface area contributed by atoms with E-state index in [-0.39, 0.29) is 31.5 Å². The first-order valence-corrected chi connectivity index (χ1v) is 5.11. The molecule has 6 heteroatoms. The first kappa shape index (κ1) is 11.7. The summed E-state index contributed by atoms with van der Waals surface area (Å²) in [4.78, 5) is 0. The van der Waals surface area contributed by atoms with Crippen molar-refractivity contribution in [2.24, 2.45) is 0 Å². The number of hydrogen-bond donors (Lipinski definition) is 0. The SMILES string of the molecule is Fc1c(Cl)c(Cl)c(Cl)c(CCl)c1Cl. The van der Waals surface area contributed by atoms with Crippen LogP contribution in [-0.4, -0.2) is 0 Å². The Kier molecular flexibility index (Phi) is 3.96. The largest absolute Gasteiger partial charge is 0.204 e. The molecule has 0 heterocycles. The van der Waals surface area contributed by atoms with Gasteiger partial charge in [-0.25, -0.2) is 4.39 Å². The number of halogens is 6. The molecule has 0 atom stereocenters. The lowest BCUT2D eigenvalue weighted by Crippen LogP contribution is -1.90. The average Bonchev–Trinajstić information content (AvgIpc) is 2.13. The maximum absolute atomic E-state index is 13.2. The maximum atomic E-state index is 13.2. The summed E-state index contributed by atoms with van der Waals surface area (Å²) in [5.74, 6) is -0.820. The second kappa shape index (κ2) is 4.41. The summed E-state index contributed by atoms with van der Waals surface area (Å²) in [5.41, 5.74) is 0.247. The van der Waals surface area contributed by atoms with Gasteiger partial charge in [0.15, 0.2) is 5.82 Å². The van der Waals surface area contributed by atoms with Crippen LogP contribution in [0.4, 0.5) is 4.39 Å². The van der Waals surface area contributed by atoms with Crippen LogP contribution in [0.15, 0.2) is 0 Å². The highest BCUT2D eigenvalue weighted by Gasteiger charge is 2.19. The molecule has 0 bridgehead atoms. The van der Waals surface area contributed by atoms with Crippen LogP contribution >= 0.6 is 58.0 Å². The third kappa shape index (κ3) is 2.00. The zero-order valence-corrected chi connectivity index (χ0v) is 9.75. The second-order valence-electron chi connectivity index (χ2n) is 2.18. The van der Waals surface area contributed by atoms with Gasteiger partial charge in [-0.3, -0.25) is 0 Å². The average molecular weight is 282 g/mol. The van der Waals surface area contributed by atoms with Crippen LogP contribution < -0.4 is 0 Å². The van der Waals surface area contributed by atoms with Crippen molar-refractivity contribution in [3.8, 4) is 0 Å². The van der Waals surface area contributed by atoms with E-state index in [9.17, 15) is 4.39 Å². The molecule has 0 spiro atoms. The highest BCUT2D eigenvalue weighted by molar-refractivity contribution is 6.50. The first-order chi connectivity index (χ1) is 6.00. The Labute approximate surface area is 99.5 Å². The van der Waals surface area contributed by atoms with Crippen LogP contribution in [0.3, 0.4) is 0 Å². The predicted molar refractivity (Wildman–Crippen MR) is 56.0 cm³/mol. The monoisotopic (exact) mass is 280 g/mol. The normalized spacial score (nSPS) is 10.6. The Morgan fingerprint density at radius 1 is 0.846 bits per heavy atom. The van der Waals surface area contributed by atoms with Gasteiger partial charge in [-0.15, -0.1) is 11.6 Å². The highest BCUT2D eigenvalue weighted by atomic mass is 35.5. The Hall–Kier alpha value is 0.600. The van der Waals surface area contributed by atoms with Crippen molar-refractivity contribution in [2.75, 3.05) is 0 Å². The molecule has 13 heavy (non-hydrogen) atoms. The minimum absolute atomic E-state index is 0.0223. The number of benzene rings is 1. The molecule has 0 aromatic heterocycles. The lowest BCUT2D eigenvalue weighted by molar-refractivity contribution is 0.627. The summed E-state index contributed by atoms with van der Waals surface area (Å²) in [6.45, 7) is 0. The van der Waals surface area contributed by atoms with Crippen molar-refractivity contribution >= 4 is 58.0 Å². The predicted octanol–water partition coefficient (Wildman–Crippen LogP) is 5.18. The fraction of sp³-hybridized carbons (Fsp3) is 0.143. The molecule has 0 fully saturated rings. The Balaban J connectivity index is 3.56. The van der Waals surface area contributed by atoms with Gasteiger partial charge in [0.1, 0.15) is 0 Å². The van der Waals surface area contributed by atoms with E-state index in [1.807, 2.05) is 0 Å². The van der Waals surface area contributed by atoms with Gasteiger partial charge in [-0.05, 0) is 0 Å². The Morgan fingerprint density at radius 3 is 1.85 bits per heavy atom. The highest BCUT2D eigenvalue weighted by Crippen LogP contribution is 2.40. The molecule has 0 aliphatic rings. The molecule has 1 aromatic carbocycles. The summed E-state index contributed by atoms with van der Waals surface area (Å²) < 4.78 is 13.2. The Morgan fingerprint density at radius 2 is 1.38 bits per heavy atom. The van der Waals surface area contributed by atoms with Crippen molar-refractivity contribution in [2.45, 2.75) is 5.88 Å². The van der Waals surface area contributed by atoms with Gasteiger partial charge in [0.2, 0.25) is 0 Å². The van der Waals surface area contributed by atoms with Crippen molar-refractivity contribution in [1.82, 2.24) is 0 Å². The van der Waals surface area contributed by atoms with Gasteiger partial charge in [0.25, 0.3) is 0 Å². The van der Waals surface area contributed by atoms with E-state index in [1.165, 1.54) is 0 Å². The van der Waals surface area contributed by atoms with Crippen LogP contribution in [0.25, 0.3) is 0 Å². The summed E-state index contributed by atoms with van der Waals surface area (Å²) in [7, 11) is 0. The molecule has 1 rings (SSSR count). The molecule has 0 unspecified atom stereocenters. The molecular formula is C7H2Cl5F. The van der Waals surface area contributed by atoms with Crippen LogP contribution in [0, 0.1) is 5.82 Å². The fourth-order valence-electron chi connectivity index (χ4n) is 0.768. The molecule has 0 aliphatic heterocycles. The molecule has 1 aromatic rings. The van der Waals surface area contributed by atoms with E-state index in [0.717, 1.165) is 0 Å². The van der Waals surface area contributed by atoms with Crippen LogP contribution in [-0.2, 0) is 5.88 Å². The van der Waals surface area contributed by atoms with E-state index in [0.29, 0.717) is 0 Å². The third-order valence-electron chi connectivity index (χ3n) is 1.43. The van der Waals surface area contributed by atoms with Crippen LogP contribution in [0.5, 0.6) is 0 Å². The van der Waals surface area contributed by atoms with Gasteiger partial charge in [0.05, 0.1) is 26.0 Å². The van der Waals surface area contributed by atoms with E-state index in [2.05, 4.69) is 0 Å². The summed E-state index contributed by atoms with van der Waals surface area (Å²) in [5, 5.41) is -0.450. The van der Waals surface area contributed by atoms with Crippen molar-refractivity contribution in [3.63, 3.8) is 0 Å². The van der Waals surface area contributed by atoms with Gasteiger partial charge in [-0.1, -0.05) is 46.4 Å². The molecule has 0 saturated carbocycles. The molecule has 0 radical (unpaired) electrons. The molecule has 0 saturated heterocycles. The topological polar surface area (TPSA) is 0 Å². The summed E-state index contributed by atoms with van der Waals surface area (Å²) in [6, 6.07) is 0. The van der Waals surface area contributed by atoms with E-state index in [4.69, 9.17) is 58.0 Å². The Bertz CT molecular complexity index is 320. The smallest absolute Gasteiger partial charge is 0.162 e. The minimum atomic E-state index is -0.798. The number of rotatable bonds is 1. The lowest BCUT2D eigenvalue weighted by atomic mass is 10.2. The van der Waals surface area contributed by atoms with Crippen molar-refractivity contribution < 1.29 is 4.39 Å². The molecule has 0 aliphatic carbocycles. The zero-order chi connectivity index (χ0) is 10.2. The van der Waals surface area contributed by atoms with E-state index < -0.39 is 5.82 Å². The summed E-state index contributed by atoms with van der Waals surface area (Å²) >= 11 is 27.9. The van der Waals surface area contributed by atoms with Gasteiger partial charge < -0.3 is 0 Å².